The minimum Gasteiger partial charge on any atom is -0.342 e. The van der Waals surface area contributed by atoms with Crippen molar-refractivity contribution >= 4 is 5.91 Å². The lowest BCUT2D eigenvalue weighted by Crippen LogP contribution is -2.27. The van der Waals surface area contributed by atoms with Gasteiger partial charge in [0.15, 0.2) is 0 Å². The second kappa shape index (κ2) is 6.39. The van der Waals surface area contributed by atoms with Crippen LogP contribution in [-0.2, 0) is 4.79 Å². The average molecular weight is 240 g/mol. The monoisotopic (exact) mass is 240 g/mol. The normalized spacial score (nSPS) is 21.3. The highest BCUT2D eigenvalue weighted by Crippen LogP contribution is 2.23. The second-order valence-corrected chi connectivity index (χ2v) is 6.14. The van der Waals surface area contributed by atoms with Gasteiger partial charge >= 0.3 is 0 Å². The molecular formula is C14H28N2O. The zero-order valence-electron chi connectivity index (χ0n) is 11.7. The Bertz CT molecular complexity index is 251. The van der Waals surface area contributed by atoms with E-state index in [2.05, 4.69) is 20.8 Å². The third kappa shape index (κ3) is 4.66. The molecule has 1 amide bonds. The lowest BCUT2D eigenvalue weighted by molar-refractivity contribution is -0.127. The Morgan fingerprint density at radius 2 is 2.12 bits per heavy atom. The maximum Gasteiger partial charge on any atom is 0.222 e. The summed E-state index contributed by atoms with van der Waals surface area (Å²) in [6.45, 7) is 9.26. The topological polar surface area (TPSA) is 46.3 Å². The summed E-state index contributed by atoms with van der Waals surface area (Å²) in [5.74, 6) is 0.956. The highest BCUT2D eigenvalue weighted by atomic mass is 16.2. The van der Waals surface area contributed by atoms with Crippen molar-refractivity contribution in [3.8, 4) is 0 Å². The van der Waals surface area contributed by atoms with Crippen LogP contribution in [0, 0.1) is 11.3 Å². The molecule has 0 saturated carbocycles. The number of hydrogen-bond donors (Lipinski definition) is 1. The first-order chi connectivity index (χ1) is 7.98. The number of rotatable bonds is 7. The van der Waals surface area contributed by atoms with Crippen molar-refractivity contribution in [2.24, 2.45) is 17.1 Å². The van der Waals surface area contributed by atoms with Crippen molar-refractivity contribution < 1.29 is 4.79 Å². The first-order valence-corrected chi connectivity index (χ1v) is 6.96. The number of nitrogens with two attached hydrogens (primary N) is 1. The fourth-order valence-corrected chi connectivity index (χ4v) is 2.35. The van der Waals surface area contributed by atoms with E-state index in [0.29, 0.717) is 11.8 Å². The quantitative estimate of drug-likeness (QED) is 0.695. The molecule has 2 N–H and O–H groups in total. The molecule has 0 bridgehead atoms. The number of likely N-dealkylation sites (tertiary alicyclic amines) is 1. The minimum absolute atomic E-state index is 0.251. The molecule has 1 aliphatic heterocycles. The van der Waals surface area contributed by atoms with Crippen LogP contribution in [0.1, 0.15) is 52.9 Å². The summed E-state index contributed by atoms with van der Waals surface area (Å²) in [6, 6.07) is 0. The maximum atomic E-state index is 11.7. The van der Waals surface area contributed by atoms with Crippen LogP contribution in [0.25, 0.3) is 0 Å². The van der Waals surface area contributed by atoms with E-state index < -0.39 is 0 Å². The maximum absolute atomic E-state index is 11.7. The van der Waals surface area contributed by atoms with Gasteiger partial charge in [0.25, 0.3) is 0 Å². The summed E-state index contributed by atoms with van der Waals surface area (Å²) in [6.07, 6.45) is 5.34. The summed E-state index contributed by atoms with van der Waals surface area (Å²) < 4.78 is 0. The van der Waals surface area contributed by atoms with E-state index >= 15 is 0 Å². The van der Waals surface area contributed by atoms with E-state index in [-0.39, 0.29) is 5.41 Å². The van der Waals surface area contributed by atoms with Gasteiger partial charge in [-0.15, -0.1) is 0 Å². The number of unbranched alkanes of at least 4 members (excludes halogenated alkanes) is 1. The molecule has 1 fully saturated rings. The fourth-order valence-electron chi connectivity index (χ4n) is 2.35. The predicted octanol–water partition coefficient (Wildman–Crippen LogP) is 2.40. The van der Waals surface area contributed by atoms with Gasteiger partial charge in [0.1, 0.15) is 0 Å². The summed E-state index contributed by atoms with van der Waals surface area (Å²) in [5.41, 5.74) is 5.96. The standard InChI is InChI=1S/C14H28N2O/c1-4-12-9-13(17)16(10-12)8-6-5-7-14(2,3)11-15/h12H,4-11,15H2,1-3H3. The molecule has 0 aromatic carbocycles. The lowest BCUT2D eigenvalue weighted by atomic mass is 9.87. The van der Waals surface area contributed by atoms with Crippen molar-refractivity contribution in [2.75, 3.05) is 19.6 Å². The lowest BCUT2D eigenvalue weighted by Gasteiger charge is -2.23. The van der Waals surface area contributed by atoms with E-state index in [1.54, 1.807) is 0 Å². The molecule has 3 heteroatoms. The zero-order chi connectivity index (χ0) is 12.9. The average Bonchev–Trinajstić information content (AvgIpc) is 2.66. The van der Waals surface area contributed by atoms with Crippen LogP contribution >= 0.6 is 0 Å². The van der Waals surface area contributed by atoms with Gasteiger partial charge in [0.05, 0.1) is 0 Å². The molecule has 1 aliphatic rings. The SMILES string of the molecule is CCC1CC(=O)N(CCCCC(C)(C)CN)C1. The van der Waals surface area contributed by atoms with Crippen LogP contribution in [0.3, 0.4) is 0 Å². The number of carbonyl (C=O) groups is 1. The summed E-state index contributed by atoms with van der Waals surface area (Å²) in [4.78, 5) is 13.7. The Hall–Kier alpha value is -0.570. The van der Waals surface area contributed by atoms with Crippen molar-refractivity contribution in [3.63, 3.8) is 0 Å². The first-order valence-electron chi connectivity index (χ1n) is 6.96. The Labute approximate surface area is 106 Å². The first kappa shape index (κ1) is 14.5. The van der Waals surface area contributed by atoms with Crippen LogP contribution < -0.4 is 5.73 Å². The minimum atomic E-state index is 0.251. The van der Waals surface area contributed by atoms with Gasteiger partial charge in [-0.05, 0) is 30.7 Å². The van der Waals surface area contributed by atoms with Gasteiger partial charge in [-0.2, -0.15) is 0 Å². The van der Waals surface area contributed by atoms with Crippen molar-refractivity contribution in [1.29, 1.82) is 0 Å². The third-order valence-corrected chi connectivity index (χ3v) is 3.96. The molecule has 0 aliphatic carbocycles. The molecule has 1 rings (SSSR count). The van der Waals surface area contributed by atoms with Gasteiger partial charge in [0, 0.05) is 19.5 Å². The zero-order valence-corrected chi connectivity index (χ0v) is 11.7. The number of amides is 1. The van der Waals surface area contributed by atoms with Crippen LogP contribution in [-0.4, -0.2) is 30.4 Å². The van der Waals surface area contributed by atoms with E-state index in [1.165, 1.54) is 6.42 Å². The molecule has 1 atom stereocenters. The summed E-state index contributed by atoms with van der Waals surface area (Å²) >= 11 is 0. The Morgan fingerprint density at radius 1 is 1.41 bits per heavy atom. The van der Waals surface area contributed by atoms with Crippen molar-refractivity contribution in [2.45, 2.75) is 52.9 Å². The molecule has 17 heavy (non-hydrogen) atoms. The van der Waals surface area contributed by atoms with Gasteiger partial charge in [-0.1, -0.05) is 33.6 Å². The molecule has 0 radical (unpaired) electrons. The largest absolute Gasteiger partial charge is 0.342 e. The highest BCUT2D eigenvalue weighted by Gasteiger charge is 2.27. The summed E-state index contributed by atoms with van der Waals surface area (Å²) in [5, 5.41) is 0. The molecule has 100 valence electrons. The van der Waals surface area contributed by atoms with Crippen molar-refractivity contribution in [1.82, 2.24) is 4.90 Å². The molecule has 0 aromatic heterocycles. The second-order valence-electron chi connectivity index (χ2n) is 6.14. The Morgan fingerprint density at radius 3 is 2.65 bits per heavy atom. The van der Waals surface area contributed by atoms with Crippen molar-refractivity contribution in [3.05, 3.63) is 0 Å². The predicted molar refractivity (Wildman–Crippen MR) is 71.7 cm³/mol. The number of hydrogen-bond acceptors (Lipinski definition) is 2. The van der Waals surface area contributed by atoms with Crippen LogP contribution in [0.5, 0.6) is 0 Å². The third-order valence-electron chi connectivity index (χ3n) is 3.96. The van der Waals surface area contributed by atoms with Gasteiger partial charge in [0.2, 0.25) is 5.91 Å². The van der Waals surface area contributed by atoms with Gasteiger partial charge in [-0.3, -0.25) is 4.79 Å². The number of carbonyl (C=O) groups excluding carboxylic acids is 1. The molecule has 1 unspecified atom stereocenters. The molecule has 1 heterocycles. The highest BCUT2D eigenvalue weighted by molar-refractivity contribution is 5.78. The fraction of sp³-hybridized carbons (Fsp3) is 0.929. The molecule has 0 spiro atoms. The molecular weight excluding hydrogens is 212 g/mol. The van der Waals surface area contributed by atoms with Gasteiger partial charge < -0.3 is 10.6 Å². The Kier molecular flexibility index (Phi) is 5.44. The number of nitrogens with zero attached hydrogens (tertiary/aromatic N) is 1. The van der Waals surface area contributed by atoms with E-state index in [0.717, 1.165) is 45.3 Å². The molecule has 3 nitrogen and oxygen atoms in total. The van der Waals surface area contributed by atoms with E-state index in [4.69, 9.17) is 5.73 Å². The van der Waals surface area contributed by atoms with Crippen LogP contribution in [0.2, 0.25) is 0 Å². The smallest absolute Gasteiger partial charge is 0.222 e. The molecule has 0 aromatic rings. The van der Waals surface area contributed by atoms with Gasteiger partial charge in [-0.25, -0.2) is 0 Å². The molecule has 1 saturated heterocycles. The van der Waals surface area contributed by atoms with Crippen LogP contribution in [0.15, 0.2) is 0 Å². The Balaban J connectivity index is 2.17. The van der Waals surface area contributed by atoms with Crippen LogP contribution in [0.4, 0.5) is 0 Å². The van der Waals surface area contributed by atoms with E-state index in [1.807, 2.05) is 4.90 Å². The summed E-state index contributed by atoms with van der Waals surface area (Å²) in [7, 11) is 0. The van der Waals surface area contributed by atoms with E-state index in [9.17, 15) is 4.79 Å².